The molecule has 0 saturated carbocycles. The van der Waals surface area contributed by atoms with Gasteiger partial charge in [-0.15, -0.1) is 22.7 Å². The van der Waals surface area contributed by atoms with Gasteiger partial charge in [0, 0.05) is 68.1 Å². The first-order valence-electron chi connectivity index (χ1n) is 15.3. The zero-order valence-corrected chi connectivity index (χ0v) is 26.1. The lowest BCUT2D eigenvalue weighted by Crippen LogP contribution is -2.10. The number of fused-ring (bicyclic) bond motifs is 9. The van der Waals surface area contributed by atoms with Crippen LogP contribution in [0.15, 0.2) is 150 Å². The van der Waals surface area contributed by atoms with Crippen molar-refractivity contribution in [2.45, 2.75) is 0 Å². The Morgan fingerprint density at radius 2 is 1.04 bits per heavy atom. The Balaban J connectivity index is 1.24. The first-order chi connectivity index (χ1) is 22.8. The van der Waals surface area contributed by atoms with Crippen LogP contribution < -0.4 is 4.90 Å². The van der Waals surface area contributed by atoms with Crippen LogP contribution in [-0.4, -0.2) is 4.98 Å². The molecule has 5 heteroatoms. The molecule has 3 aromatic heterocycles. The van der Waals surface area contributed by atoms with Crippen LogP contribution in [0.5, 0.6) is 0 Å². The van der Waals surface area contributed by atoms with Crippen LogP contribution in [0.1, 0.15) is 0 Å². The van der Waals surface area contributed by atoms with Gasteiger partial charge in [0.1, 0.15) is 5.52 Å². The highest BCUT2D eigenvalue weighted by molar-refractivity contribution is 7.26. The van der Waals surface area contributed by atoms with E-state index in [0.717, 1.165) is 44.5 Å². The maximum atomic E-state index is 6.48. The minimum absolute atomic E-state index is 0.634. The summed E-state index contributed by atoms with van der Waals surface area (Å²) in [6, 6.07) is 52.0. The van der Waals surface area contributed by atoms with E-state index in [2.05, 4.69) is 120 Å². The molecule has 0 aliphatic carbocycles. The first-order valence-corrected chi connectivity index (χ1v) is 16.9. The van der Waals surface area contributed by atoms with E-state index in [4.69, 9.17) is 9.40 Å². The third-order valence-electron chi connectivity index (χ3n) is 8.89. The second-order valence-corrected chi connectivity index (χ2v) is 13.7. The van der Waals surface area contributed by atoms with Gasteiger partial charge in [-0.25, -0.2) is 4.98 Å². The summed E-state index contributed by atoms with van der Waals surface area (Å²) in [5.74, 6) is 0.634. The average Bonchev–Trinajstić information content (AvgIpc) is 3.82. The number of nitrogens with zero attached hydrogens (tertiary/aromatic N) is 2. The summed E-state index contributed by atoms with van der Waals surface area (Å²) in [5.41, 5.74) is 5.95. The Hall–Kier alpha value is -5.49. The number of anilines is 3. The summed E-state index contributed by atoms with van der Waals surface area (Å²) in [6.45, 7) is 0. The van der Waals surface area contributed by atoms with Gasteiger partial charge >= 0.3 is 0 Å². The molecule has 216 valence electrons. The molecule has 10 aromatic rings. The van der Waals surface area contributed by atoms with E-state index in [9.17, 15) is 0 Å². The van der Waals surface area contributed by atoms with Gasteiger partial charge in [-0.3, -0.25) is 0 Å². The minimum atomic E-state index is 0.634. The van der Waals surface area contributed by atoms with Gasteiger partial charge in [0.25, 0.3) is 0 Å². The predicted octanol–water partition coefficient (Wildman–Crippen LogP) is 12.9. The van der Waals surface area contributed by atoms with Crippen molar-refractivity contribution in [2.24, 2.45) is 0 Å². The SMILES string of the molecule is c1ccc(-c2nc3ccc4c(N(c5ccc6sc7ccccc7c6c5)c5ccc6sc7ccccc7c6c5)cccc4c3o2)cc1. The Morgan fingerprint density at radius 1 is 0.457 bits per heavy atom. The molecule has 0 aliphatic heterocycles. The van der Waals surface area contributed by atoms with Crippen molar-refractivity contribution in [1.29, 1.82) is 0 Å². The fourth-order valence-corrected chi connectivity index (χ4v) is 8.93. The quantitative estimate of drug-likeness (QED) is 0.195. The summed E-state index contributed by atoms with van der Waals surface area (Å²) in [4.78, 5) is 7.26. The molecule has 0 atom stereocenters. The molecule has 0 fully saturated rings. The van der Waals surface area contributed by atoms with Gasteiger partial charge in [0.05, 0.1) is 5.69 Å². The molecule has 3 heterocycles. The van der Waals surface area contributed by atoms with E-state index in [-0.39, 0.29) is 0 Å². The second-order valence-electron chi connectivity index (χ2n) is 11.6. The highest BCUT2D eigenvalue weighted by Gasteiger charge is 2.20. The molecule has 10 rings (SSSR count). The van der Waals surface area contributed by atoms with E-state index in [0.29, 0.717) is 5.89 Å². The molecule has 0 saturated heterocycles. The standard InChI is InChI=1S/C41H24N2OS2/c1-2-9-25(10-3-1)41-42-34-20-19-28-31(40(34)44-41)13-8-14-35(28)43(26-17-21-38-32(23-26)29-11-4-6-15-36(29)45-38)27-18-22-39-33(24-27)30-12-5-7-16-37(30)46-39/h1-24H. The van der Waals surface area contributed by atoms with Crippen molar-refractivity contribution in [2.75, 3.05) is 4.90 Å². The Labute approximate surface area is 272 Å². The Kier molecular flexibility index (Phi) is 5.61. The third kappa shape index (κ3) is 3.92. The summed E-state index contributed by atoms with van der Waals surface area (Å²) < 4.78 is 11.7. The predicted molar refractivity (Wildman–Crippen MR) is 197 cm³/mol. The normalized spacial score (nSPS) is 11.9. The second kappa shape index (κ2) is 10.0. The fourth-order valence-electron chi connectivity index (χ4n) is 6.76. The molecular weight excluding hydrogens is 601 g/mol. The van der Waals surface area contributed by atoms with Crippen LogP contribution >= 0.6 is 22.7 Å². The molecule has 0 aliphatic rings. The van der Waals surface area contributed by atoms with Crippen molar-refractivity contribution in [3.63, 3.8) is 0 Å². The number of aromatic nitrogens is 1. The van der Waals surface area contributed by atoms with Crippen molar-refractivity contribution in [1.82, 2.24) is 4.98 Å². The van der Waals surface area contributed by atoms with Crippen molar-refractivity contribution in [3.8, 4) is 11.5 Å². The summed E-state index contributed by atoms with van der Waals surface area (Å²) in [7, 11) is 0. The third-order valence-corrected chi connectivity index (χ3v) is 11.2. The number of hydrogen-bond donors (Lipinski definition) is 0. The molecule has 0 spiro atoms. The van der Waals surface area contributed by atoms with Crippen LogP contribution in [0.4, 0.5) is 17.1 Å². The lowest BCUT2D eigenvalue weighted by atomic mass is 10.0. The molecular formula is C41H24N2OS2. The van der Waals surface area contributed by atoms with Crippen LogP contribution in [0.3, 0.4) is 0 Å². The largest absolute Gasteiger partial charge is 0.435 e. The summed E-state index contributed by atoms with van der Waals surface area (Å²) in [6.07, 6.45) is 0. The van der Waals surface area contributed by atoms with Gasteiger partial charge in [-0.1, -0.05) is 66.7 Å². The first kappa shape index (κ1) is 25.8. The molecule has 0 N–H and O–H groups in total. The van der Waals surface area contributed by atoms with E-state index >= 15 is 0 Å². The van der Waals surface area contributed by atoms with Crippen molar-refractivity contribution in [3.05, 3.63) is 146 Å². The Morgan fingerprint density at radius 3 is 1.72 bits per heavy atom. The van der Waals surface area contributed by atoms with Crippen molar-refractivity contribution >= 4 is 102 Å². The molecule has 0 unspecified atom stereocenters. The number of oxazole rings is 1. The minimum Gasteiger partial charge on any atom is -0.435 e. The van der Waals surface area contributed by atoms with Crippen LogP contribution in [0, 0.1) is 0 Å². The van der Waals surface area contributed by atoms with E-state index < -0.39 is 0 Å². The summed E-state index contributed by atoms with van der Waals surface area (Å²) >= 11 is 3.69. The van der Waals surface area contributed by atoms with Gasteiger partial charge in [-0.05, 0) is 78.9 Å². The van der Waals surface area contributed by atoms with Crippen LogP contribution in [0.2, 0.25) is 0 Å². The maximum Gasteiger partial charge on any atom is 0.227 e. The molecule has 3 nitrogen and oxygen atoms in total. The average molecular weight is 625 g/mol. The Bertz CT molecular complexity index is 2660. The molecule has 7 aromatic carbocycles. The van der Waals surface area contributed by atoms with E-state index in [1.807, 2.05) is 53.0 Å². The van der Waals surface area contributed by atoms with Gasteiger partial charge in [0.15, 0.2) is 5.58 Å². The lowest BCUT2D eigenvalue weighted by molar-refractivity contribution is 0.623. The highest BCUT2D eigenvalue weighted by atomic mass is 32.1. The molecule has 0 radical (unpaired) electrons. The lowest BCUT2D eigenvalue weighted by Gasteiger charge is -2.27. The molecule has 0 amide bonds. The zero-order valence-electron chi connectivity index (χ0n) is 24.5. The van der Waals surface area contributed by atoms with Gasteiger partial charge in [0.2, 0.25) is 5.89 Å². The van der Waals surface area contributed by atoms with Crippen LogP contribution in [-0.2, 0) is 0 Å². The fraction of sp³-hybridized carbons (Fsp3) is 0. The molecule has 46 heavy (non-hydrogen) atoms. The zero-order chi connectivity index (χ0) is 30.2. The van der Waals surface area contributed by atoms with Gasteiger partial charge < -0.3 is 9.32 Å². The number of benzene rings is 7. The van der Waals surface area contributed by atoms with Gasteiger partial charge in [-0.2, -0.15) is 0 Å². The number of thiophene rings is 2. The monoisotopic (exact) mass is 624 g/mol. The van der Waals surface area contributed by atoms with E-state index in [1.165, 1.54) is 40.3 Å². The number of rotatable bonds is 4. The smallest absolute Gasteiger partial charge is 0.227 e. The maximum absolute atomic E-state index is 6.48. The molecule has 0 bridgehead atoms. The highest BCUT2D eigenvalue weighted by Crippen LogP contribution is 2.45. The van der Waals surface area contributed by atoms with E-state index in [1.54, 1.807) is 0 Å². The summed E-state index contributed by atoms with van der Waals surface area (Å²) in [5, 5.41) is 7.28. The van der Waals surface area contributed by atoms with Crippen LogP contribution in [0.25, 0.3) is 73.7 Å². The number of hydrogen-bond acceptors (Lipinski definition) is 5. The topological polar surface area (TPSA) is 29.3 Å². The van der Waals surface area contributed by atoms with Crippen molar-refractivity contribution < 1.29 is 4.42 Å².